The van der Waals surface area contributed by atoms with Crippen LogP contribution in [0, 0.1) is 0 Å². The van der Waals surface area contributed by atoms with E-state index in [2.05, 4.69) is 18.1 Å². The van der Waals surface area contributed by atoms with E-state index in [-0.39, 0.29) is 18.3 Å². The molecule has 150 valence electrons. The Hall–Kier alpha value is 2.25. The third kappa shape index (κ3) is 9.07. The van der Waals surface area contributed by atoms with Gasteiger partial charge in [-0.2, -0.15) is 18.1 Å². The summed E-state index contributed by atoms with van der Waals surface area (Å²) in [5.74, 6) is -6.41. The highest BCUT2D eigenvalue weighted by Crippen LogP contribution is 2.88. The molecular formula is C9H21Cl5N4O3P4. The van der Waals surface area contributed by atoms with Crippen LogP contribution < -0.4 is 0 Å². The molecule has 0 fully saturated rings. The molecule has 1 heterocycles. The summed E-state index contributed by atoms with van der Waals surface area (Å²) in [6, 6.07) is 0. The van der Waals surface area contributed by atoms with Crippen LogP contribution in [0.4, 0.5) is 0 Å². The monoisotopic (exact) mass is 532 g/mol. The molecule has 0 aromatic heterocycles. The quantitative estimate of drug-likeness (QED) is 0.305. The minimum absolute atomic E-state index is 0.259. The zero-order chi connectivity index (χ0) is 19.7. The third-order valence-electron chi connectivity index (χ3n) is 1.91. The molecule has 1 rings (SSSR count). The molecule has 0 bridgehead atoms. The molecule has 0 radical (unpaired) electrons. The molecule has 0 aromatic carbocycles. The largest absolute Gasteiger partial charge is 0.363 e. The summed E-state index contributed by atoms with van der Waals surface area (Å²) < 4.78 is 34.3. The van der Waals surface area contributed by atoms with Crippen LogP contribution in [0.25, 0.3) is 0 Å². The molecule has 1 unspecified atom stereocenters. The van der Waals surface area contributed by atoms with E-state index >= 15 is 0 Å². The van der Waals surface area contributed by atoms with Crippen molar-refractivity contribution < 1.29 is 13.6 Å². The lowest BCUT2D eigenvalue weighted by molar-refractivity contribution is 0.0843. The standard InChI is InChI=1S/C9H21Cl5N4O3P4/c1-7(2)19-25(20-8(3)4,21-9(5)6)18-24(14)16-22(10,11)15-23(12,13)17-24/h7-9H,1-6H3. The van der Waals surface area contributed by atoms with Gasteiger partial charge in [0.1, 0.15) is 0 Å². The SMILES string of the molecule is CC(C)OP(=NP1(Cl)=NP(Cl)(Cl)=NP(Cl)(Cl)=N1)(OC(C)C)OC(C)C. The molecule has 0 N–H and O–H groups in total. The Labute approximate surface area is 173 Å². The van der Waals surface area contributed by atoms with E-state index in [9.17, 15) is 0 Å². The van der Waals surface area contributed by atoms with Crippen LogP contribution in [0.5, 0.6) is 0 Å². The van der Waals surface area contributed by atoms with E-state index in [4.69, 9.17) is 69.8 Å². The number of halogens is 5. The zero-order valence-electron chi connectivity index (χ0n) is 14.4. The van der Waals surface area contributed by atoms with Gasteiger partial charge < -0.3 is 0 Å². The fraction of sp³-hybridized carbons (Fsp3) is 1.00. The third-order valence-corrected chi connectivity index (χ3v) is 17.7. The summed E-state index contributed by atoms with van der Waals surface area (Å²) in [7, 11) is -3.30. The van der Waals surface area contributed by atoms with E-state index in [1.54, 1.807) is 0 Å². The first-order valence-electron chi connectivity index (χ1n) is 7.16. The van der Waals surface area contributed by atoms with E-state index in [0.717, 1.165) is 0 Å². The molecular weight excluding hydrogens is 513 g/mol. The van der Waals surface area contributed by atoms with Crippen molar-refractivity contribution in [1.29, 1.82) is 0 Å². The number of hydrogen-bond donors (Lipinski definition) is 0. The zero-order valence-corrected chi connectivity index (χ0v) is 21.8. The lowest BCUT2D eigenvalue weighted by Gasteiger charge is -2.30. The van der Waals surface area contributed by atoms with Crippen LogP contribution in [0.3, 0.4) is 0 Å². The van der Waals surface area contributed by atoms with Crippen molar-refractivity contribution >= 4 is 82.5 Å². The van der Waals surface area contributed by atoms with Gasteiger partial charge in [-0.25, -0.2) is 0 Å². The van der Waals surface area contributed by atoms with Crippen molar-refractivity contribution in [2.24, 2.45) is 18.1 Å². The Bertz CT molecular complexity index is 673. The molecule has 0 saturated heterocycles. The lowest BCUT2D eigenvalue weighted by atomic mass is 10.5. The highest BCUT2D eigenvalue weighted by atomic mass is 35.9. The molecule has 0 spiro atoms. The molecule has 0 amide bonds. The van der Waals surface area contributed by atoms with Crippen molar-refractivity contribution in [3.05, 3.63) is 0 Å². The molecule has 0 saturated carbocycles. The fourth-order valence-electron chi connectivity index (χ4n) is 1.57. The smallest absolute Gasteiger partial charge is 0.300 e. The van der Waals surface area contributed by atoms with Crippen LogP contribution in [-0.2, 0) is 13.6 Å². The number of nitrogens with zero attached hydrogens (tertiary/aromatic N) is 4. The second-order valence-electron chi connectivity index (χ2n) is 5.70. The first-order chi connectivity index (χ1) is 11.1. The first kappa shape index (κ1) is 25.3. The van der Waals surface area contributed by atoms with Gasteiger partial charge in [-0.15, -0.1) is 0 Å². The highest BCUT2D eigenvalue weighted by molar-refractivity contribution is 8.22. The maximum absolute atomic E-state index is 6.54. The van der Waals surface area contributed by atoms with Crippen molar-refractivity contribution in [3.8, 4) is 0 Å². The molecule has 0 aromatic rings. The van der Waals surface area contributed by atoms with E-state index in [1.165, 1.54) is 0 Å². The van der Waals surface area contributed by atoms with Crippen LogP contribution in [0.1, 0.15) is 41.5 Å². The van der Waals surface area contributed by atoms with Crippen molar-refractivity contribution in [3.63, 3.8) is 0 Å². The topological polar surface area (TPSA) is 77.1 Å². The highest BCUT2D eigenvalue weighted by Gasteiger charge is 2.38. The van der Waals surface area contributed by atoms with Crippen molar-refractivity contribution in [2.45, 2.75) is 59.9 Å². The fourth-order valence-corrected chi connectivity index (χ4v) is 22.4. The van der Waals surface area contributed by atoms with Gasteiger partial charge in [0, 0.05) is 0 Å². The Morgan fingerprint density at radius 1 is 0.680 bits per heavy atom. The second-order valence-corrected chi connectivity index (χ2v) is 21.0. The normalized spacial score (nSPS) is 25.5. The van der Waals surface area contributed by atoms with E-state index in [0.29, 0.717) is 0 Å². The molecule has 7 nitrogen and oxygen atoms in total. The first-order valence-corrected chi connectivity index (χ1v) is 18.2. The summed E-state index contributed by atoms with van der Waals surface area (Å²) in [6.07, 6.45) is -0.777. The van der Waals surface area contributed by atoms with E-state index < -0.39 is 26.3 Å². The molecule has 0 aliphatic carbocycles. The molecule has 16 heteroatoms. The van der Waals surface area contributed by atoms with E-state index in [1.807, 2.05) is 41.5 Å². The van der Waals surface area contributed by atoms with Gasteiger partial charge in [0.15, 0.2) is 0 Å². The summed E-state index contributed by atoms with van der Waals surface area (Å²) >= 11 is 30.9. The Kier molecular flexibility index (Phi) is 9.48. The van der Waals surface area contributed by atoms with Gasteiger partial charge in [0.2, 0.25) is 0 Å². The minimum Gasteiger partial charge on any atom is -0.300 e. The number of hydrogen-bond acceptors (Lipinski definition) is 7. The Morgan fingerprint density at radius 2 is 1.04 bits per heavy atom. The van der Waals surface area contributed by atoms with Gasteiger partial charge in [-0.05, 0) is 97.7 Å². The molecule has 1 atom stereocenters. The van der Waals surface area contributed by atoms with Crippen LogP contribution >= 0.6 is 82.5 Å². The van der Waals surface area contributed by atoms with Crippen molar-refractivity contribution in [2.75, 3.05) is 0 Å². The summed E-state index contributed by atoms with van der Waals surface area (Å²) in [4.78, 5) is 0. The molecule has 25 heavy (non-hydrogen) atoms. The van der Waals surface area contributed by atoms with Gasteiger partial charge in [-0.1, -0.05) is 0 Å². The van der Waals surface area contributed by atoms with Crippen LogP contribution in [0.2, 0.25) is 0 Å². The van der Waals surface area contributed by atoms with Gasteiger partial charge in [0.25, 0.3) is 18.5 Å². The minimum atomic E-state index is -3.40. The molecule has 1 aliphatic rings. The van der Waals surface area contributed by atoms with Crippen LogP contribution in [0.15, 0.2) is 18.1 Å². The molecule has 1 aliphatic heterocycles. The average Bonchev–Trinajstić information content (AvgIpc) is 2.16. The Morgan fingerprint density at radius 3 is 1.36 bits per heavy atom. The lowest BCUT2D eigenvalue weighted by Crippen LogP contribution is -2.13. The predicted molar refractivity (Wildman–Crippen MR) is 115 cm³/mol. The van der Waals surface area contributed by atoms with Gasteiger partial charge in [-0.3, -0.25) is 13.6 Å². The summed E-state index contributed by atoms with van der Waals surface area (Å²) in [5, 5.41) is 0. The predicted octanol–water partition coefficient (Wildman–Crippen LogP) is 10.3. The van der Waals surface area contributed by atoms with Gasteiger partial charge >= 0.3 is 7.74 Å². The Balaban J connectivity index is 3.70. The second kappa shape index (κ2) is 9.38. The summed E-state index contributed by atoms with van der Waals surface area (Å²) in [5.41, 5.74) is 0. The maximum Gasteiger partial charge on any atom is 0.363 e. The van der Waals surface area contributed by atoms with Crippen molar-refractivity contribution in [1.82, 2.24) is 0 Å². The number of rotatable bonds is 7. The van der Waals surface area contributed by atoms with Crippen LogP contribution in [-0.4, -0.2) is 18.3 Å². The van der Waals surface area contributed by atoms with Gasteiger partial charge in [0.05, 0.1) is 18.3 Å². The maximum atomic E-state index is 6.54. The summed E-state index contributed by atoms with van der Waals surface area (Å²) in [6.45, 7) is 7.53. The average molecular weight is 534 g/mol.